The third kappa shape index (κ3) is 2.38. The maximum Gasteiger partial charge on any atom is 0.256 e. The first kappa shape index (κ1) is 12.6. The fraction of sp³-hybridized carbons (Fsp3) is 0.231. The fourth-order valence-corrected chi connectivity index (χ4v) is 2.12. The molecule has 4 nitrogen and oxygen atoms in total. The van der Waals surface area contributed by atoms with Gasteiger partial charge in [-0.1, -0.05) is 41.9 Å². The van der Waals surface area contributed by atoms with Crippen LogP contribution in [0.3, 0.4) is 0 Å². The highest BCUT2D eigenvalue weighted by atomic mass is 35.5. The standard InChI is InChI=1S/C13H14ClN3O/c1-9-11(13(18)15-2)12(14)17(16-9)8-10-6-4-3-5-7-10/h3-7H,8H2,1-2H3,(H,15,18). The molecular weight excluding hydrogens is 250 g/mol. The number of benzene rings is 1. The summed E-state index contributed by atoms with van der Waals surface area (Å²) >= 11 is 6.19. The molecule has 2 aromatic rings. The maximum atomic E-state index is 11.7. The second-order valence-corrected chi connectivity index (χ2v) is 4.33. The Morgan fingerprint density at radius 3 is 2.67 bits per heavy atom. The van der Waals surface area contributed by atoms with Gasteiger partial charge in [0.25, 0.3) is 5.91 Å². The Bertz CT molecular complexity index is 563. The van der Waals surface area contributed by atoms with Crippen LogP contribution in [0.1, 0.15) is 21.6 Å². The van der Waals surface area contributed by atoms with Crippen molar-refractivity contribution in [3.05, 3.63) is 52.3 Å². The maximum absolute atomic E-state index is 11.7. The summed E-state index contributed by atoms with van der Waals surface area (Å²) in [6, 6.07) is 9.85. The van der Waals surface area contributed by atoms with Gasteiger partial charge in [0.05, 0.1) is 17.8 Å². The molecule has 1 aromatic heterocycles. The molecule has 0 radical (unpaired) electrons. The van der Waals surface area contributed by atoms with Crippen molar-refractivity contribution in [3.63, 3.8) is 0 Å². The molecule has 0 bridgehead atoms. The number of nitrogens with one attached hydrogen (secondary N) is 1. The van der Waals surface area contributed by atoms with Crippen molar-refractivity contribution >= 4 is 17.5 Å². The monoisotopic (exact) mass is 263 g/mol. The third-order valence-electron chi connectivity index (χ3n) is 2.69. The van der Waals surface area contributed by atoms with Crippen molar-refractivity contribution in [3.8, 4) is 0 Å². The molecule has 1 aromatic carbocycles. The van der Waals surface area contributed by atoms with Crippen molar-refractivity contribution < 1.29 is 4.79 Å². The average Bonchev–Trinajstić information content (AvgIpc) is 2.65. The van der Waals surface area contributed by atoms with Crippen LogP contribution < -0.4 is 5.32 Å². The van der Waals surface area contributed by atoms with Gasteiger partial charge in [0.1, 0.15) is 5.15 Å². The van der Waals surface area contributed by atoms with Crippen LogP contribution in [-0.4, -0.2) is 22.7 Å². The lowest BCUT2D eigenvalue weighted by Crippen LogP contribution is -2.18. The zero-order valence-corrected chi connectivity index (χ0v) is 11.0. The quantitative estimate of drug-likeness (QED) is 0.923. The first-order valence-corrected chi connectivity index (χ1v) is 6.00. The van der Waals surface area contributed by atoms with E-state index in [2.05, 4.69) is 10.4 Å². The Hall–Kier alpha value is -1.81. The number of carbonyl (C=O) groups excluding carboxylic acids is 1. The van der Waals surface area contributed by atoms with Crippen LogP contribution >= 0.6 is 11.6 Å². The summed E-state index contributed by atoms with van der Waals surface area (Å²) < 4.78 is 1.64. The summed E-state index contributed by atoms with van der Waals surface area (Å²) in [6.07, 6.45) is 0. The molecule has 0 saturated carbocycles. The van der Waals surface area contributed by atoms with Crippen molar-refractivity contribution in [2.24, 2.45) is 0 Å². The minimum atomic E-state index is -0.211. The second kappa shape index (κ2) is 5.23. The number of aryl methyl sites for hydroxylation is 1. The van der Waals surface area contributed by atoms with E-state index >= 15 is 0 Å². The van der Waals surface area contributed by atoms with Gasteiger partial charge in [-0.2, -0.15) is 5.10 Å². The molecule has 1 amide bonds. The van der Waals surface area contributed by atoms with Crippen molar-refractivity contribution in [2.75, 3.05) is 7.05 Å². The molecule has 0 saturated heterocycles. The Morgan fingerprint density at radius 2 is 2.06 bits per heavy atom. The normalized spacial score (nSPS) is 10.4. The van der Waals surface area contributed by atoms with E-state index in [-0.39, 0.29) is 5.91 Å². The number of halogens is 1. The van der Waals surface area contributed by atoms with Crippen molar-refractivity contribution in [2.45, 2.75) is 13.5 Å². The number of hydrogen-bond acceptors (Lipinski definition) is 2. The van der Waals surface area contributed by atoms with Gasteiger partial charge in [-0.15, -0.1) is 0 Å². The lowest BCUT2D eigenvalue weighted by molar-refractivity contribution is 0.0962. The highest BCUT2D eigenvalue weighted by molar-refractivity contribution is 6.33. The highest BCUT2D eigenvalue weighted by Crippen LogP contribution is 2.20. The number of nitrogens with zero attached hydrogens (tertiary/aromatic N) is 2. The minimum absolute atomic E-state index is 0.211. The lowest BCUT2D eigenvalue weighted by Gasteiger charge is -2.03. The van der Waals surface area contributed by atoms with Gasteiger partial charge in [-0.05, 0) is 12.5 Å². The number of aromatic nitrogens is 2. The molecular formula is C13H14ClN3O. The van der Waals surface area contributed by atoms with Crippen molar-refractivity contribution in [1.82, 2.24) is 15.1 Å². The second-order valence-electron chi connectivity index (χ2n) is 3.97. The molecule has 5 heteroatoms. The van der Waals surface area contributed by atoms with E-state index in [0.29, 0.717) is 23.0 Å². The topological polar surface area (TPSA) is 46.9 Å². The van der Waals surface area contributed by atoms with Crippen molar-refractivity contribution in [1.29, 1.82) is 0 Å². The SMILES string of the molecule is CNC(=O)c1c(C)nn(Cc2ccccc2)c1Cl. The number of rotatable bonds is 3. The van der Waals surface area contributed by atoms with Crippen LogP contribution in [0.5, 0.6) is 0 Å². The molecule has 18 heavy (non-hydrogen) atoms. The number of amides is 1. The first-order valence-electron chi connectivity index (χ1n) is 5.62. The van der Waals surface area contributed by atoms with E-state index in [1.807, 2.05) is 30.3 Å². The highest BCUT2D eigenvalue weighted by Gasteiger charge is 2.19. The van der Waals surface area contributed by atoms with Gasteiger partial charge in [-0.3, -0.25) is 4.79 Å². The third-order valence-corrected chi connectivity index (χ3v) is 3.08. The van der Waals surface area contributed by atoms with Crippen LogP contribution in [0.4, 0.5) is 0 Å². The summed E-state index contributed by atoms with van der Waals surface area (Å²) in [5.41, 5.74) is 2.16. The van der Waals surface area contributed by atoms with Crippen LogP contribution in [-0.2, 0) is 6.54 Å². The zero-order valence-electron chi connectivity index (χ0n) is 10.3. The molecule has 0 fully saturated rings. The first-order chi connectivity index (χ1) is 8.63. The molecule has 0 aliphatic rings. The Kier molecular flexibility index (Phi) is 3.67. The fourth-order valence-electron chi connectivity index (χ4n) is 1.80. The molecule has 94 valence electrons. The minimum Gasteiger partial charge on any atom is -0.355 e. The largest absolute Gasteiger partial charge is 0.355 e. The molecule has 0 aliphatic heterocycles. The Balaban J connectivity index is 2.33. The van der Waals surface area contributed by atoms with Crippen LogP contribution in [0.25, 0.3) is 0 Å². The number of hydrogen-bond donors (Lipinski definition) is 1. The smallest absolute Gasteiger partial charge is 0.256 e. The molecule has 2 rings (SSSR count). The van der Waals surface area contributed by atoms with E-state index in [9.17, 15) is 4.79 Å². The Morgan fingerprint density at radius 1 is 1.39 bits per heavy atom. The molecule has 0 atom stereocenters. The van der Waals surface area contributed by atoms with Gasteiger partial charge in [0, 0.05) is 7.05 Å². The molecule has 1 heterocycles. The van der Waals surface area contributed by atoms with Gasteiger partial charge in [0.2, 0.25) is 0 Å². The van der Waals surface area contributed by atoms with Gasteiger partial charge in [0.15, 0.2) is 0 Å². The predicted octanol–water partition coefficient (Wildman–Crippen LogP) is 2.25. The van der Waals surface area contributed by atoms with E-state index in [0.717, 1.165) is 5.56 Å². The zero-order chi connectivity index (χ0) is 13.1. The van der Waals surface area contributed by atoms with E-state index < -0.39 is 0 Å². The lowest BCUT2D eigenvalue weighted by atomic mass is 10.2. The Labute approximate surface area is 111 Å². The summed E-state index contributed by atoms with van der Waals surface area (Å²) in [6.45, 7) is 2.33. The van der Waals surface area contributed by atoms with Crippen LogP contribution in [0.15, 0.2) is 30.3 Å². The van der Waals surface area contributed by atoms with Gasteiger partial charge < -0.3 is 5.32 Å². The average molecular weight is 264 g/mol. The summed E-state index contributed by atoms with van der Waals surface area (Å²) in [5, 5.41) is 7.23. The van der Waals surface area contributed by atoms with Gasteiger partial charge in [-0.25, -0.2) is 4.68 Å². The van der Waals surface area contributed by atoms with E-state index in [1.54, 1.807) is 18.7 Å². The summed E-state index contributed by atoms with van der Waals surface area (Å²) in [7, 11) is 1.58. The predicted molar refractivity (Wildman–Crippen MR) is 70.9 cm³/mol. The van der Waals surface area contributed by atoms with Crippen LogP contribution in [0.2, 0.25) is 5.15 Å². The number of carbonyl (C=O) groups is 1. The van der Waals surface area contributed by atoms with E-state index in [1.165, 1.54) is 0 Å². The molecule has 0 aliphatic carbocycles. The van der Waals surface area contributed by atoms with E-state index in [4.69, 9.17) is 11.6 Å². The molecule has 0 spiro atoms. The summed E-state index contributed by atoms with van der Waals surface area (Å²) in [4.78, 5) is 11.7. The molecule has 1 N–H and O–H groups in total. The summed E-state index contributed by atoms with van der Waals surface area (Å²) in [5.74, 6) is -0.211. The molecule has 0 unspecified atom stereocenters. The van der Waals surface area contributed by atoms with Crippen LogP contribution in [0, 0.1) is 6.92 Å². The van der Waals surface area contributed by atoms with Gasteiger partial charge >= 0.3 is 0 Å².